The van der Waals surface area contributed by atoms with Crippen LogP contribution in [0.2, 0.25) is 0 Å². The fourth-order valence-electron chi connectivity index (χ4n) is 2.70. The summed E-state index contributed by atoms with van der Waals surface area (Å²) in [7, 11) is -3.53. The minimum atomic E-state index is -3.53. The number of pyridine rings is 1. The second-order valence-corrected chi connectivity index (χ2v) is 9.05. The molecule has 0 radical (unpaired) electrons. The molecule has 25 heavy (non-hydrogen) atoms. The first kappa shape index (κ1) is 17.8. The Morgan fingerprint density at radius 2 is 2.00 bits per heavy atom. The Morgan fingerprint density at radius 1 is 1.20 bits per heavy atom. The van der Waals surface area contributed by atoms with Crippen LogP contribution in [0, 0.1) is 6.92 Å². The molecule has 0 bridgehead atoms. The zero-order valence-corrected chi connectivity index (χ0v) is 15.8. The summed E-state index contributed by atoms with van der Waals surface area (Å²) in [6, 6.07) is 11.1. The van der Waals surface area contributed by atoms with Crippen LogP contribution in [-0.2, 0) is 22.9 Å². The number of hydrogen-bond donors (Lipinski definition) is 2. The maximum atomic E-state index is 12.3. The van der Waals surface area contributed by atoms with Crippen molar-refractivity contribution in [2.45, 2.75) is 30.9 Å². The monoisotopic (exact) mass is 376 g/mol. The summed E-state index contributed by atoms with van der Waals surface area (Å²) >= 11 is 1.27. The molecule has 0 aliphatic carbocycles. The second kappa shape index (κ2) is 7.11. The van der Waals surface area contributed by atoms with Gasteiger partial charge in [0.2, 0.25) is 10.0 Å². The number of hydrogen-bond acceptors (Lipinski definition) is 4. The van der Waals surface area contributed by atoms with Gasteiger partial charge in [-0.3, -0.25) is 4.79 Å². The van der Waals surface area contributed by atoms with Crippen LogP contribution >= 0.6 is 11.3 Å². The van der Waals surface area contributed by atoms with E-state index in [1.807, 2.05) is 44.2 Å². The lowest BCUT2D eigenvalue weighted by atomic mass is 10.1. The maximum Gasteiger partial charge on any atom is 0.251 e. The Morgan fingerprint density at radius 3 is 2.72 bits per heavy atom. The van der Waals surface area contributed by atoms with Gasteiger partial charge in [-0.1, -0.05) is 25.1 Å². The van der Waals surface area contributed by atoms with Crippen molar-refractivity contribution in [3.8, 4) is 0 Å². The Labute approximate surface area is 150 Å². The van der Waals surface area contributed by atoms with Gasteiger partial charge < -0.3 is 4.98 Å². The summed E-state index contributed by atoms with van der Waals surface area (Å²) in [6.45, 7) is 4.11. The largest absolute Gasteiger partial charge is 0.321 e. The first-order valence-corrected chi connectivity index (χ1v) is 10.4. The summed E-state index contributed by atoms with van der Waals surface area (Å²) in [5, 5.41) is 0.948. The van der Waals surface area contributed by atoms with Gasteiger partial charge in [0.1, 0.15) is 4.21 Å². The van der Waals surface area contributed by atoms with Crippen LogP contribution in [0.1, 0.15) is 22.9 Å². The average Bonchev–Trinajstić information content (AvgIpc) is 3.06. The van der Waals surface area contributed by atoms with Gasteiger partial charge >= 0.3 is 0 Å². The first-order chi connectivity index (χ1) is 11.9. The van der Waals surface area contributed by atoms with E-state index in [-0.39, 0.29) is 12.1 Å². The molecular formula is C18H20N2O3S2. The number of thiophene rings is 1. The average molecular weight is 377 g/mol. The predicted octanol–water partition coefficient (Wildman–Crippen LogP) is 2.98. The number of aryl methyl sites for hydroxylation is 2. The number of aromatic nitrogens is 1. The Kier molecular flexibility index (Phi) is 5.08. The van der Waals surface area contributed by atoms with Crippen molar-refractivity contribution in [3.63, 3.8) is 0 Å². The lowest BCUT2D eigenvalue weighted by Gasteiger charge is -2.07. The summed E-state index contributed by atoms with van der Waals surface area (Å²) < 4.78 is 27.5. The van der Waals surface area contributed by atoms with Gasteiger partial charge in [0, 0.05) is 17.0 Å². The van der Waals surface area contributed by atoms with E-state index in [0.717, 1.165) is 27.8 Å². The van der Waals surface area contributed by atoms with E-state index in [1.54, 1.807) is 6.07 Å². The molecule has 132 valence electrons. The van der Waals surface area contributed by atoms with Crippen molar-refractivity contribution in [1.82, 2.24) is 9.71 Å². The maximum absolute atomic E-state index is 12.3. The van der Waals surface area contributed by atoms with E-state index >= 15 is 0 Å². The smallest absolute Gasteiger partial charge is 0.251 e. The Bertz CT molecular complexity index is 1070. The molecule has 2 heterocycles. The molecule has 0 aliphatic heterocycles. The van der Waals surface area contributed by atoms with E-state index in [2.05, 4.69) is 9.71 Å². The zero-order chi connectivity index (χ0) is 18.0. The molecule has 1 aromatic carbocycles. The predicted molar refractivity (Wildman–Crippen MR) is 102 cm³/mol. The molecule has 0 saturated carbocycles. The molecule has 3 aromatic rings. The molecule has 0 amide bonds. The number of nitrogens with one attached hydrogen (secondary N) is 2. The molecule has 2 aromatic heterocycles. The summed E-state index contributed by atoms with van der Waals surface area (Å²) in [4.78, 5) is 16.1. The highest BCUT2D eigenvalue weighted by Gasteiger charge is 2.16. The minimum Gasteiger partial charge on any atom is -0.321 e. The van der Waals surface area contributed by atoms with Gasteiger partial charge in [-0.25, -0.2) is 13.1 Å². The van der Waals surface area contributed by atoms with Crippen LogP contribution in [0.4, 0.5) is 0 Å². The third kappa shape index (κ3) is 3.84. The standard InChI is InChI=1S/C18H20N2O3S2/c1-3-15-7-8-16(24-15)25(22,23)19-10-9-14-11-13-6-4-5-12(2)17(13)20-18(14)21/h4-8,11,19H,3,9-10H2,1-2H3,(H,20,21). The van der Waals surface area contributed by atoms with Gasteiger partial charge in [0.25, 0.3) is 5.56 Å². The van der Waals surface area contributed by atoms with E-state index in [4.69, 9.17) is 0 Å². The molecule has 0 spiro atoms. The highest BCUT2D eigenvalue weighted by molar-refractivity contribution is 7.91. The summed E-state index contributed by atoms with van der Waals surface area (Å²) in [5.74, 6) is 0. The molecule has 0 aliphatic rings. The Balaban J connectivity index is 1.74. The van der Waals surface area contributed by atoms with Crippen LogP contribution in [0.15, 0.2) is 45.4 Å². The van der Waals surface area contributed by atoms with Crippen LogP contribution in [0.25, 0.3) is 10.9 Å². The number of benzene rings is 1. The number of rotatable bonds is 6. The second-order valence-electron chi connectivity index (χ2n) is 5.88. The van der Waals surface area contributed by atoms with Gasteiger partial charge in [0.05, 0.1) is 5.52 Å². The molecule has 0 saturated heterocycles. The van der Waals surface area contributed by atoms with E-state index in [9.17, 15) is 13.2 Å². The Hall–Kier alpha value is -1.96. The molecule has 0 atom stereocenters. The van der Waals surface area contributed by atoms with Crippen molar-refractivity contribution in [1.29, 1.82) is 0 Å². The van der Waals surface area contributed by atoms with E-state index < -0.39 is 10.0 Å². The van der Waals surface area contributed by atoms with Crippen LogP contribution < -0.4 is 10.3 Å². The topological polar surface area (TPSA) is 79.0 Å². The molecule has 5 nitrogen and oxygen atoms in total. The third-order valence-corrected chi connectivity index (χ3v) is 7.28. The molecular weight excluding hydrogens is 356 g/mol. The van der Waals surface area contributed by atoms with Crippen molar-refractivity contribution in [3.05, 3.63) is 62.8 Å². The molecule has 0 unspecified atom stereocenters. The molecule has 0 fully saturated rings. The van der Waals surface area contributed by atoms with Crippen molar-refractivity contribution in [2.24, 2.45) is 0 Å². The van der Waals surface area contributed by atoms with Crippen LogP contribution in [0.5, 0.6) is 0 Å². The third-order valence-electron chi connectivity index (χ3n) is 4.10. The zero-order valence-electron chi connectivity index (χ0n) is 14.1. The quantitative estimate of drug-likeness (QED) is 0.694. The van der Waals surface area contributed by atoms with Crippen molar-refractivity contribution in [2.75, 3.05) is 6.54 Å². The molecule has 7 heteroatoms. The van der Waals surface area contributed by atoms with Gasteiger partial charge in [-0.2, -0.15) is 0 Å². The van der Waals surface area contributed by atoms with Crippen molar-refractivity contribution < 1.29 is 8.42 Å². The fraction of sp³-hybridized carbons (Fsp3) is 0.278. The highest BCUT2D eigenvalue weighted by atomic mass is 32.2. The van der Waals surface area contributed by atoms with Crippen molar-refractivity contribution >= 4 is 32.3 Å². The lowest BCUT2D eigenvalue weighted by Crippen LogP contribution is -2.27. The van der Waals surface area contributed by atoms with Crippen LogP contribution in [0.3, 0.4) is 0 Å². The van der Waals surface area contributed by atoms with Crippen LogP contribution in [-0.4, -0.2) is 19.9 Å². The summed E-state index contributed by atoms with van der Waals surface area (Å²) in [5.41, 5.74) is 2.22. The van der Waals surface area contributed by atoms with Gasteiger partial charge in [-0.15, -0.1) is 11.3 Å². The lowest BCUT2D eigenvalue weighted by molar-refractivity contribution is 0.583. The number of H-pyrrole nitrogens is 1. The fourth-order valence-corrected chi connectivity index (χ4v) is 5.07. The number of fused-ring (bicyclic) bond motifs is 1. The SMILES string of the molecule is CCc1ccc(S(=O)(=O)NCCc2cc3cccc(C)c3[nH]c2=O)s1. The number of aromatic amines is 1. The molecule has 2 N–H and O–H groups in total. The minimum absolute atomic E-state index is 0.176. The summed E-state index contributed by atoms with van der Waals surface area (Å²) in [6.07, 6.45) is 1.15. The normalized spacial score (nSPS) is 11.9. The van der Waals surface area contributed by atoms with E-state index in [0.29, 0.717) is 16.2 Å². The first-order valence-electron chi connectivity index (χ1n) is 8.10. The van der Waals surface area contributed by atoms with Gasteiger partial charge in [-0.05, 0) is 48.9 Å². The number of para-hydroxylation sites is 1. The molecule has 3 rings (SSSR count). The van der Waals surface area contributed by atoms with E-state index in [1.165, 1.54) is 11.3 Å². The van der Waals surface area contributed by atoms with Gasteiger partial charge in [0.15, 0.2) is 0 Å². The highest BCUT2D eigenvalue weighted by Crippen LogP contribution is 2.21. The number of sulfonamides is 1.